The van der Waals surface area contributed by atoms with Crippen molar-refractivity contribution in [3.8, 4) is 5.69 Å². The van der Waals surface area contributed by atoms with Gasteiger partial charge in [-0.05, 0) is 30.7 Å². The van der Waals surface area contributed by atoms with Gasteiger partial charge in [0.1, 0.15) is 11.5 Å². The topological polar surface area (TPSA) is 76.9 Å². The van der Waals surface area contributed by atoms with Crippen LogP contribution in [0.2, 0.25) is 0 Å². The molecule has 2 aromatic heterocycles. The molecule has 0 saturated carbocycles. The number of nitrogens with one attached hydrogen (secondary N) is 1. The lowest BCUT2D eigenvalue weighted by Crippen LogP contribution is -2.14. The summed E-state index contributed by atoms with van der Waals surface area (Å²) in [5.41, 5.74) is 2.10. The predicted octanol–water partition coefficient (Wildman–Crippen LogP) is 3.49. The average Bonchev–Trinajstić information content (AvgIpc) is 3.22. The quantitative estimate of drug-likeness (QED) is 0.708. The maximum atomic E-state index is 13.1. The van der Waals surface area contributed by atoms with Crippen molar-refractivity contribution >= 4 is 28.2 Å². The lowest BCUT2D eigenvalue weighted by atomic mass is 10.2. The molecule has 0 atom stereocenters. The van der Waals surface area contributed by atoms with E-state index in [9.17, 15) is 14.0 Å². The molecule has 0 radical (unpaired) electrons. The summed E-state index contributed by atoms with van der Waals surface area (Å²) < 4.78 is 14.7. The first-order chi connectivity index (χ1) is 12.0. The molecule has 0 fully saturated rings. The van der Waals surface area contributed by atoms with Gasteiger partial charge in [0.2, 0.25) is 0 Å². The van der Waals surface area contributed by atoms with Crippen LogP contribution in [-0.4, -0.2) is 26.5 Å². The molecule has 2 heterocycles. The molecule has 0 saturated heterocycles. The summed E-state index contributed by atoms with van der Waals surface area (Å²) in [5, 5.41) is 8.88. The van der Waals surface area contributed by atoms with Crippen molar-refractivity contribution in [3.05, 3.63) is 58.6 Å². The van der Waals surface area contributed by atoms with Crippen LogP contribution in [0.5, 0.6) is 0 Å². The van der Waals surface area contributed by atoms with E-state index in [1.165, 1.54) is 36.6 Å². The van der Waals surface area contributed by atoms with E-state index in [0.717, 1.165) is 0 Å². The molecule has 3 rings (SSSR count). The fourth-order valence-corrected chi connectivity index (χ4v) is 3.11. The van der Waals surface area contributed by atoms with Gasteiger partial charge in [-0.2, -0.15) is 5.10 Å². The highest BCUT2D eigenvalue weighted by molar-refractivity contribution is 7.14. The zero-order valence-corrected chi connectivity index (χ0v) is 14.4. The van der Waals surface area contributed by atoms with E-state index in [1.807, 2.05) is 6.92 Å². The van der Waals surface area contributed by atoms with Gasteiger partial charge in [-0.25, -0.2) is 14.1 Å². The number of Topliss-reactive ketones (excluding diaryl/α,β-unsaturated/α-hetero) is 1. The molecule has 3 aromatic rings. The Labute approximate surface area is 147 Å². The van der Waals surface area contributed by atoms with Crippen molar-refractivity contribution in [1.29, 1.82) is 0 Å². The summed E-state index contributed by atoms with van der Waals surface area (Å²) in [6.07, 6.45) is 2.04. The SMILES string of the molecule is CCc1c(C(=O)Nc2nc(C(C)=O)cs2)cnn1-c1ccc(F)cc1. The molecule has 0 aliphatic rings. The minimum absolute atomic E-state index is 0.157. The molecule has 0 unspecified atom stereocenters. The van der Waals surface area contributed by atoms with Gasteiger partial charge in [0.25, 0.3) is 5.91 Å². The van der Waals surface area contributed by atoms with Crippen molar-refractivity contribution in [2.45, 2.75) is 20.3 Å². The van der Waals surface area contributed by atoms with Crippen LogP contribution in [0.4, 0.5) is 9.52 Å². The Morgan fingerprint density at radius 1 is 1.28 bits per heavy atom. The van der Waals surface area contributed by atoms with Crippen molar-refractivity contribution in [3.63, 3.8) is 0 Å². The van der Waals surface area contributed by atoms with Crippen molar-refractivity contribution in [2.75, 3.05) is 5.32 Å². The number of rotatable bonds is 5. The highest BCUT2D eigenvalue weighted by Crippen LogP contribution is 2.20. The van der Waals surface area contributed by atoms with Crippen LogP contribution < -0.4 is 5.32 Å². The number of hydrogen-bond acceptors (Lipinski definition) is 5. The van der Waals surface area contributed by atoms with Gasteiger partial charge in [0.15, 0.2) is 10.9 Å². The van der Waals surface area contributed by atoms with Gasteiger partial charge in [-0.3, -0.25) is 14.9 Å². The van der Waals surface area contributed by atoms with Crippen LogP contribution in [0.3, 0.4) is 0 Å². The Bertz CT molecular complexity index is 931. The van der Waals surface area contributed by atoms with E-state index >= 15 is 0 Å². The molecule has 1 aromatic carbocycles. The number of aromatic nitrogens is 3. The molecule has 1 amide bonds. The summed E-state index contributed by atoms with van der Waals surface area (Å²) in [6.45, 7) is 3.33. The standard InChI is InChI=1S/C17H15FN4O2S/c1-3-15-13(8-19-22(15)12-6-4-11(18)5-7-12)16(24)21-17-20-14(9-25-17)10(2)23/h4-9H,3H2,1-2H3,(H,20,21,24). The van der Waals surface area contributed by atoms with Gasteiger partial charge in [-0.1, -0.05) is 6.92 Å². The third-order valence-corrected chi connectivity index (χ3v) is 4.36. The zero-order valence-electron chi connectivity index (χ0n) is 13.6. The fourth-order valence-electron chi connectivity index (χ4n) is 2.37. The van der Waals surface area contributed by atoms with Crippen LogP contribution in [0, 0.1) is 5.82 Å². The first kappa shape index (κ1) is 17.0. The summed E-state index contributed by atoms with van der Waals surface area (Å²) in [4.78, 5) is 27.9. The van der Waals surface area contributed by atoms with Crippen LogP contribution in [0.15, 0.2) is 35.8 Å². The Morgan fingerprint density at radius 3 is 2.60 bits per heavy atom. The lowest BCUT2D eigenvalue weighted by Gasteiger charge is -2.07. The lowest BCUT2D eigenvalue weighted by molar-refractivity contribution is 0.100. The van der Waals surface area contributed by atoms with E-state index in [1.54, 1.807) is 22.2 Å². The average molecular weight is 358 g/mol. The highest BCUT2D eigenvalue weighted by Gasteiger charge is 2.18. The van der Waals surface area contributed by atoms with E-state index in [0.29, 0.717) is 34.2 Å². The predicted molar refractivity (Wildman–Crippen MR) is 93.0 cm³/mol. The van der Waals surface area contributed by atoms with E-state index in [-0.39, 0.29) is 17.5 Å². The molecular formula is C17H15FN4O2S. The zero-order chi connectivity index (χ0) is 18.0. The molecule has 0 aliphatic carbocycles. The first-order valence-corrected chi connectivity index (χ1v) is 8.48. The summed E-state index contributed by atoms with van der Waals surface area (Å²) >= 11 is 1.19. The smallest absolute Gasteiger partial charge is 0.260 e. The van der Waals surface area contributed by atoms with Crippen LogP contribution in [0.1, 0.15) is 40.4 Å². The monoisotopic (exact) mass is 358 g/mol. The van der Waals surface area contributed by atoms with Gasteiger partial charge in [0.05, 0.1) is 23.1 Å². The minimum Gasteiger partial charge on any atom is -0.298 e. The van der Waals surface area contributed by atoms with Crippen molar-refractivity contribution in [1.82, 2.24) is 14.8 Å². The number of amides is 1. The number of thiazole rings is 1. The van der Waals surface area contributed by atoms with E-state index in [2.05, 4.69) is 15.4 Å². The molecule has 25 heavy (non-hydrogen) atoms. The Balaban J connectivity index is 1.87. The van der Waals surface area contributed by atoms with Crippen molar-refractivity contribution in [2.24, 2.45) is 0 Å². The summed E-state index contributed by atoms with van der Waals surface area (Å²) in [6, 6.07) is 5.89. The summed E-state index contributed by atoms with van der Waals surface area (Å²) in [5.74, 6) is -0.846. The Morgan fingerprint density at radius 2 is 2.00 bits per heavy atom. The highest BCUT2D eigenvalue weighted by atomic mass is 32.1. The van der Waals surface area contributed by atoms with Crippen LogP contribution >= 0.6 is 11.3 Å². The number of anilines is 1. The largest absolute Gasteiger partial charge is 0.298 e. The number of carbonyl (C=O) groups excluding carboxylic acids is 2. The van der Waals surface area contributed by atoms with Gasteiger partial charge in [-0.15, -0.1) is 11.3 Å². The van der Waals surface area contributed by atoms with E-state index in [4.69, 9.17) is 0 Å². The fraction of sp³-hybridized carbons (Fsp3) is 0.176. The summed E-state index contributed by atoms with van der Waals surface area (Å²) in [7, 11) is 0. The second-order valence-corrected chi connectivity index (χ2v) is 6.15. The minimum atomic E-state index is -0.352. The molecule has 1 N–H and O–H groups in total. The molecule has 0 bridgehead atoms. The van der Waals surface area contributed by atoms with Gasteiger partial charge < -0.3 is 0 Å². The molecule has 128 valence electrons. The normalized spacial score (nSPS) is 10.7. The first-order valence-electron chi connectivity index (χ1n) is 7.60. The molecule has 0 spiro atoms. The second-order valence-electron chi connectivity index (χ2n) is 5.29. The number of nitrogens with zero attached hydrogens (tertiary/aromatic N) is 3. The second kappa shape index (κ2) is 6.94. The maximum Gasteiger partial charge on any atom is 0.260 e. The van der Waals surface area contributed by atoms with E-state index < -0.39 is 0 Å². The molecule has 0 aliphatic heterocycles. The third-order valence-electron chi connectivity index (χ3n) is 3.60. The number of halogens is 1. The molecule has 6 nitrogen and oxygen atoms in total. The third kappa shape index (κ3) is 3.48. The van der Waals surface area contributed by atoms with Crippen LogP contribution in [-0.2, 0) is 6.42 Å². The Kier molecular flexibility index (Phi) is 4.71. The number of carbonyl (C=O) groups is 2. The maximum absolute atomic E-state index is 13.1. The number of ketones is 1. The number of benzene rings is 1. The number of hydrogen-bond donors (Lipinski definition) is 1. The molecular weight excluding hydrogens is 343 g/mol. The van der Waals surface area contributed by atoms with Gasteiger partial charge in [0, 0.05) is 12.3 Å². The van der Waals surface area contributed by atoms with Gasteiger partial charge >= 0.3 is 0 Å². The molecule has 8 heteroatoms. The van der Waals surface area contributed by atoms with Crippen LogP contribution in [0.25, 0.3) is 5.69 Å². The Hall–Kier alpha value is -2.87. The van der Waals surface area contributed by atoms with Crippen molar-refractivity contribution < 1.29 is 14.0 Å².